The summed E-state index contributed by atoms with van der Waals surface area (Å²) in [6, 6.07) is 10.8. The molecule has 0 spiro atoms. The lowest BCUT2D eigenvalue weighted by molar-refractivity contribution is -0.149. The summed E-state index contributed by atoms with van der Waals surface area (Å²) in [5.41, 5.74) is 7.05. The molecule has 1 fully saturated rings. The number of likely N-dealkylation sites (tertiary alicyclic amines) is 1. The standard InChI is InChI=1S/C22H23N5O5/c23-20-15-10-14(32-17(15)6-8-24-20)11-26-21(30)16-7-9-27(16)22(31)19(25-12-18(28)29)13-4-2-1-3-5-13/h1-6,8,10,16,19,25H,7,9,11-12H2,(H2,23,24)(H,26,30)(H,28,29)/t16-,19+/m0/s1. The number of carboxylic acid groups (broad SMARTS) is 1. The molecule has 0 bridgehead atoms. The Bertz CT molecular complexity index is 1150. The number of nitrogen functional groups attached to an aromatic ring is 1. The van der Waals surface area contributed by atoms with E-state index in [1.165, 1.54) is 4.90 Å². The second-order valence-electron chi connectivity index (χ2n) is 7.49. The van der Waals surface area contributed by atoms with Gasteiger partial charge in [0, 0.05) is 12.7 Å². The molecule has 1 aliphatic heterocycles. The Labute approximate surface area is 183 Å². The number of nitrogens with one attached hydrogen (secondary N) is 2. The number of carboxylic acids is 1. The van der Waals surface area contributed by atoms with Crippen molar-refractivity contribution in [1.29, 1.82) is 0 Å². The van der Waals surface area contributed by atoms with E-state index in [0.717, 1.165) is 0 Å². The summed E-state index contributed by atoms with van der Waals surface area (Å²) in [5, 5.41) is 15.2. The van der Waals surface area contributed by atoms with Crippen molar-refractivity contribution in [1.82, 2.24) is 20.5 Å². The highest BCUT2D eigenvalue weighted by molar-refractivity contribution is 5.92. The number of rotatable bonds is 8. The predicted molar refractivity (Wildman–Crippen MR) is 115 cm³/mol. The van der Waals surface area contributed by atoms with Gasteiger partial charge >= 0.3 is 5.97 Å². The summed E-state index contributed by atoms with van der Waals surface area (Å²) in [6.07, 6.45) is 2.07. The first kappa shape index (κ1) is 21.3. The van der Waals surface area contributed by atoms with E-state index < -0.39 is 18.1 Å². The van der Waals surface area contributed by atoms with Crippen LogP contribution in [0.25, 0.3) is 11.0 Å². The largest absolute Gasteiger partial charge is 0.480 e. The van der Waals surface area contributed by atoms with Crippen LogP contribution in [0.4, 0.5) is 5.82 Å². The minimum Gasteiger partial charge on any atom is -0.480 e. The number of aliphatic carboxylic acids is 1. The third-order valence-electron chi connectivity index (χ3n) is 5.41. The van der Waals surface area contributed by atoms with E-state index >= 15 is 0 Å². The van der Waals surface area contributed by atoms with E-state index in [9.17, 15) is 14.4 Å². The third-order valence-corrected chi connectivity index (χ3v) is 5.41. The zero-order valence-corrected chi connectivity index (χ0v) is 17.2. The van der Waals surface area contributed by atoms with Crippen LogP contribution in [0, 0.1) is 0 Å². The third kappa shape index (κ3) is 4.40. The van der Waals surface area contributed by atoms with E-state index in [1.54, 1.807) is 42.6 Å². The molecular formula is C22H23N5O5. The van der Waals surface area contributed by atoms with Crippen molar-refractivity contribution in [3.8, 4) is 0 Å². The van der Waals surface area contributed by atoms with Crippen LogP contribution in [0.5, 0.6) is 0 Å². The zero-order chi connectivity index (χ0) is 22.7. The summed E-state index contributed by atoms with van der Waals surface area (Å²) in [5.74, 6) is -0.845. The van der Waals surface area contributed by atoms with Crippen molar-refractivity contribution in [3.63, 3.8) is 0 Å². The van der Waals surface area contributed by atoms with Gasteiger partial charge in [0.25, 0.3) is 0 Å². The Balaban J connectivity index is 1.41. The zero-order valence-electron chi connectivity index (χ0n) is 17.2. The molecule has 1 aromatic carbocycles. The molecule has 2 amide bonds. The topological polar surface area (TPSA) is 151 Å². The van der Waals surface area contributed by atoms with E-state index in [4.69, 9.17) is 15.3 Å². The lowest BCUT2D eigenvalue weighted by Gasteiger charge is -2.41. The minimum atomic E-state index is -1.07. The molecule has 0 unspecified atom stereocenters. The molecule has 3 aromatic rings. The normalized spacial score (nSPS) is 16.4. The molecule has 4 rings (SSSR count). The summed E-state index contributed by atoms with van der Waals surface area (Å²) in [4.78, 5) is 42.3. The molecular weight excluding hydrogens is 414 g/mol. The molecule has 10 heteroatoms. The number of benzene rings is 1. The molecule has 166 valence electrons. The van der Waals surface area contributed by atoms with Gasteiger partial charge in [-0.1, -0.05) is 30.3 Å². The van der Waals surface area contributed by atoms with Gasteiger partial charge in [0.2, 0.25) is 11.8 Å². The van der Waals surface area contributed by atoms with Crippen molar-refractivity contribution in [2.45, 2.75) is 25.0 Å². The quantitative estimate of drug-likeness (QED) is 0.408. The fourth-order valence-corrected chi connectivity index (χ4v) is 3.69. The van der Waals surface area contributed by atoms with E-state index in [-0.39, 0.29) is 24.9 Å². The Morgan fingerprint density at radius 3 is 2.69 bits per heavy atom. The molecule has 0 aliphatic carbocycles. The van der Waals surface area contributed by atoms with Crippen LogP contribution in [0.3, 0.4) is 0 Å². The van der Waals surface area contributed by atoms with Crippen LogP contribution in [-0.4, -0.2) is 51.9 Å². The Hall–Kier alpha value is -3.92. The van der Waals surface area contributed by atoms with Crippen molar-refractivity contribution in [2.75, 3.05) is 18.8 Å². The summed E-state index contributed by atoms with van der Waals surface area (Å²) in [6.45, 7) is 0.187. The molecule has 3 heterocycles. The highest BCUT2D eigenvalue weighted by Gasteiger charge is 2.40. The summed E-state index contributed by atoms with van der Waals surface area (Å²) < 4.78 is 5.67. The van der Waals surface area contributed by atoms with Crippen molar-refractivity contribution < 1.29 is 23.9 Å². The SMILES string of the molecule is Nc1nccc2oc(CNC(=O)[C@@H]3CCN3C(=O)[C@H](NCC(=O)O)c3ccccc3)cc12. The van der Waals surface area contributed by atoms with Gasteiger partial charge in [0.15, 0.2) is 0 Å². The van der Waals surface area contributed by atoms with Crippen LogP contribution in [-0.2, 0) is 20.9 Å². The number of nitrogens with zero attached hydrogens (tertiary/aromatic N) is 2. The fourth-order valence-electron chi connectivity index (χ4n) is 3.69. The number of nitrogens with two attached hydrogens (primary N) is 1. The van der Waals surface area contributed by atoms with Gasteiger partial charge in [0.1, 0.15) is 29.2 Å². The van der Waals surface area contributed by atoms with E-state index in [0.29, 0.717) is 41.1 Å². The number of carbonyl (C=O) groups excluding carboxylic acids is 2. The Kier molecular flexibility index (Phi) is 6.04. The molecule has 1 saturated heterocycles. The molecule has 2 aromatic heterocycles. The maximum atomic E-state index is 13.1. The van der Waals surface area contributed by atoms with E-state index in [2.05, 4.69) is 15.6 Å². The predicted octanol–water partition coefficient (Wildman–Crippen LogP) is 1.04. The second-order valence-corrected chi connectivity index (χ2v) is 7.49. The first-order chi connectivity index (χ1) is 15.4. The summed E-state index contributed by atoms with van der Waals surface area (Å²) >= 11 is 0. The van der Waals surface area contributed by atoms with Gasteiger partial charge in [-0.15, -0.1) is 0 Å². The first-order valence-corrected chi connectivity index (χ1v) is 10.1. The average molecular weight is 437 g/mol. The maximum absolute atomic E-state index is 13.1. The lowest BCUT2D eigenvalue weighted by Crippen LogP contribution is -2.60. The molecule has 0 radical (unpaired) electrons. The van der Waals surface area contributed by atoms with Gasteiger partial charge in [-0.3, -0.25) is 19.7 Å². The lowest BCUT2D eigenvalue weighted by atomic mass is 9.97. The number of anilines is 1. The molecule has 2 atom stereocenters. The minimum absolute atomic E-state index is 0.144. The van der Waals surface area contributed by atoms with Crippen molar-refractivity contribution in [2.24, 2.45) is 0 Å². The number of carbonyl (C=O) groups is 3. The number of pyridine rings is 1. The van der Waals surface area contributed by atoms with Crippen LogP contribution < -0.4 is 16.4 Å². The number of hydrogen-bond donors (Lipinski definition) is 4. The molecule has 10 nitrogen and oxygen atoms in total. The Morgan fingerprint density at radius 1 is 1.25 bits per heavy atom. The van der Waals surface area contributed by atoms with Gasteiger partial charge in [0.05, 0.1) is 18.5 Å². The van der Waals surface area contributed by atoms with Gasteiger partial charge < -0.3 is 25.5 Å². The number of aromatic nitrogens is 1. The van der Waals surface area contributed by atoms with E-state index in [1.807, 2.05) is 6.07 Å². The molecule has 32 heavy (non-hydrogen) atoms. The average Bonchev–Trinajstić information content (AvgIpc) is 3.17. The fraction of sp³-hybridized carbons (Fsp3) is 0.273. The monoisotopic (exact) mass is 437 g/mol. The van der Waals surface area contributed by atoms with Crippen LogP contribution in [0.2, 0.25) is 0 Å². The van der Waals surface area contributed by atoms with Gasteiger partial charge in [-0.25, -0.2) is 4.98 Å². The smallest absolute Gasteiger partial charge is 0.317 e. The number of furan rings is 1. The van der Waals surface area contributed by atoms with Gasteiger partial charge in [-0.2, -0.15) is 0 Å². The Morgan fingerprint density at radius 2 is 2.03 bits per heavy atom. The highest BCUT2D eigenvalue weighted by Crippen LogP contribution is 2.25. The number of fused-ring (bicyclic) bond motifs is 1. The second kappa shape index (κ2) is 9.06. The number of amides is 2. The first-order valence-electron chi connectivity index (χ1n) is 10.1. The number of hydrogen-bond acceptors (Lipinski definition) is 7. The van der Waals surface area contributed by atoms with Crippen LogP contribution in [0.1, 0.15) is 23.8 Å². The van der Waals surface area contributed by atoms with Gasteiger partial charge in [-0.05, 0) is 24.1 Å². The molecule has 5 N–H and O–H groups in total. The van der Waals surface area contributed by atoms with Crippen LogP contribution in [0.15, 0.2) is 53.1 Å². The maximum Gasteiger partial charge on any atom is 0.317 e. The molecule has 0 saturated carbocycles. The molecule has 1 aliphatic rings. The summed E-state index contributed by atoms with van der Waals surface area (Å²) in [7, 11) is 0. The van der Waals surface area contributed by atoms with Crippen molar-refractivity contribution in [3.05, 3.63) is 60.0 Å². The van der Waals surface area contributed by atoms with Crippen LogP contribution >= 0.6 is 0 Å². The van der Waals surface area contributed by atoms with Crippen molar-refractivity contribution >= 4 is 34.6 Å². The highest BCUT2D eigenvalue weighted by atomic mass is 16.4.